The summed E-state index contributed by atoms with van der Waals surface area (Å²) in [5, 5.41) is 3.27. The van der Waals surface area contributed by atoms with E-state index in [0.717, 1.165) is 24.9 Å². The van der Waals surface area contributed by atoms with Crippen molar-refractivity contribution in [1.82, 2.24) is 0 Å². The van der Waals surface area contributed by atoms with Crippen LogP contribution in [-0.2, 0) is 0 Å². The third-order valence-corrected chi connectivity index (χ3v) is 2.75. The number of benzene rings is 1. The Kier molecular flexibility index (Phi) is 2.68. The summed E-state index contributed by atoms with van der Waals surface area (Å²) in [4.78, 5) is 0. The van der Waals surface area contributed by atoms with Gasteiger partial charge in [0.1, 0.15) is 5.82 Å². The molecule has 0 amide bonds. The van der Waals surface area contributed by atoms with Gasteiger partial charge in [0, 0.05) is 17.8 Å². The Labute approximate surface area is 83.3 Å². The van der Waals surface area contributed by atoms with Gasteiger partial charge in [-0.3, -0.25) is 0 Å². The second-order valence-corrected chi connectivity index (χ2v) is 3.86. The monoisotopic (exact) mass is 194 g/mol. The van der Waals surface area contributed by atoms with E-state index < -0.39 is 0 Å². The van der Waals surface area contributed by atoms with Crippen molar-refractivity contribution in [3.8, 4) is 0 Å². The number of nitrogens with one attached hydrogen (secondary N) is 1. The van der Waals surface area contributed by atoms with Crippen LogP contribution in [0.2, 0.25) is 0 Å². The van der Waals surface area contributed by atoms with Crippen LogP contribution in [0.1, 0.15) is 19.3 Å². The number of anilines is 1. The minimum absolute atomic E-state index is 0.207. The smallest absolute Gasteiger partial charge is 0.125 e. The Morgan fingerprint density at radius 3 is 2.86 bits per heavy atom. The van der Waals surface area contributed by atoms with Gasteiger partial charge in [-0.2, -0.15) is 0 Å². The zero-order valence-electron chi connectivity index (χ0n) is 8.04. The van der Waals surface area contributed by atoms with Crippen LogP contribution in [0.4, 0.5) is 10.1 Å². The van der Waals surface area contributed by atoms with Crippen molar-refractivity contribution < 1.29 is 4.39 Å². The molecule has 2 unspecified atom stereocenters. The van der Waals surface area contributed by atoms with Gasteiger partial charge in [0.25, 0.3) is 0 Å². The molecule has 0 aromatic heterocycles. The zero-order chi connectivity index (χ0) is 9.97. The Balaban J connectivity index is 2.03. The van der Waals surface area contributed by atoms with Crippen LogP contribution in [0.25, 0.3) is 0 Å². The zero-order valence-corrected chi connectivity index (χ0v) is 8.04. The highest BCUT2D eigenvalue weighted by atomic mass is 19.1. The molecule has 1 saturated carbocycles. The summed E-state index contributed by atoms with van der Waals surface area (Å²) in [5.41, 5.74) is 6.73. The standard InChI is InChI=1S/C11H15FN2/c12-8-3-1-4-9(7-8)14-11-6-2-5-10(11)13/h1,3-4,7,10-11,14H,2,5-6,13H2. The lowest BCUT2D eigenvalue weighted by atomic mass is 10.1. The van der Waals surface area contributed by atoms with E-state index in [2.05, 4.69) is 5.32 Å². The van der Waals surface area contributed by atoms with E-state index in [4.69, 9.17) is 5.73 Å². The molecule has 1 aromatic rings. The number of hydrogen-bond acceptors (Lipinski definition) is 2. The molecule has 14 heavy (non-hydrogen) atoms. The van der Waals surface area contributed by atoms with E-state index in [1.165, 1.54) is 12.1 Å². The van der Waals surface area contributed by atoms with Crippen molar-refractivity contribution in [1.29, 1.82) is 0 Å². The lowest BCUT2D eigenvalue weighted by molar-refractivity contribution is 0.622. The highest BCUT2D eigenvalue weighted by molar-refractivity contribution is 5.44. The predicted octanol–water partition coefficient (Wildman–Crippen LogP) is 2.12. The molecule has 2 atom stereocenters. The average Bonchev–Trinajstić information content (AvgIpc) is 2.52. The van der Waals surface area contributed by atoms with Crippen molar-refractivity contribution in [3.05, 3.63) is 30.1 Å². The van der Waals surface area contributed by atoms with Gasteiger partial charge >= 0.3 is 0 Å². The van der Waals surface area contributed by atoms with Gasteiger partial charge in [0.2, 0.25) is 0 Å². The molecule has 76 valence electrons. The summed E-state index contributed by atoms with van der Waals surface area (Å²) < 4.78 is 12.9. The van der Waals surface area contributed by atoms with Crippen LogP contribution >= 0.6 is 0 Å². The first kappa shape index (κ1) is 9.46. The molecule has 2 nitrogen and oxygen atoms in total. The van der Waals surface area contributed by atoms with Crippen LogP contribution in [0, 0.1) is 5.82 Å². The Bertz CT molecular complexity index is 314. The molecule has 0 heterocycles. The molecule has 0 spiro atoms. The summed E-state index contributed by atoms with van der Waals surface area (Å²) in [6.07, 6.45) is 3.30. The number of hydrogen-bond donors (Lipinski definition) is 2. The van der Waals surface area contributed by atoms with Gasteiger partial charge in [0.05, 0.1) is 0 Å². The van der Waals surface area contributed by atoms with Crippen LogP contribution in [0.5, 0.6) is 0 Å². The maximum Gasteiger partial charge on any atom is 0.125 e. The van der Waals surface area contributed by atoms with E-state index in [1.54, 1.807) is 6.07 Å². The van der Waals surface area contributed by atoms with Crippen molar-refractivity contribution >= 4 is 5.69 Å². The molecule has 3 N–H and O–H groups in total. The van der Waals surface area contributed by atoms with Crippen molar-refractivity contribution in [2.75, 3.05) is 5.32 Å². The van der Waals surface area contributed by atoms with Gasteiger partial charge in [-0.1, -0.05) is 6.07 Å². The van der Waals surface area contributed by atoms with Crippen LogP contribution < -0.4 is 11.1 Å². The number of halogens is 1. The average molecular weight is 194 g/mol. The topological polar surface area (TPSA) is 38.0 Å². The molecule has 2 rings (SSSR count). The summed E-state index contributed by atoms with van der Waals surface area (Å²) in [6.45, 7) is 0. The van der Waals surface area contributed by atoms with E-state index in [-0.39, 0.29) is 11.9 Å². The molecule has 1 aromatic carbocycles. The molecule has 1 aliphatic rings. The van der Waals surface area contributed by atoms with Crippen molar-refractivity contribution in [3.63, 3.8) is 0 Å². The van der Waals surface area contributed by atoms with E-state index >= 15 is 0 Å². The fourth-order valence-corrected chi connectivity index (χ4v) is 1.96. The van der Waals surface area contributed by atoms with E-state index in [1.807, 2.05) is 6.07 Å². The normalized spacial score (nSPS) is 26.4. The highest BCUT2D eigenvalue weighted by Crippen LogP contribution is 2.21. The second kappa shape index (κ2) is 3.96. The molecule has 1 aliphatic carbocycles. The van der Waals surface area contributed by atoms with Gasteiger partial charge < -0.3 is 11.1 Å². The fraction of sp³-hybridized carbons (Fsp3) is 0.455. The minimum Gasteiger partial charge on any atom is -0.381 e. The highest BCUT2D eigenvalue weighted by Gasteiger charge is 2.23. The second-order valence-electron chi connectivity index (χ2n) is 3.86. The third-order valence-electron chi connectivity index (χ3n) is 2.75. The lowest BCUT2D eigenvalue weighted by Gasteiger charge is -2.18. The molecule has 0 radical (unpaired) electrons. The Hall–Kier alpha value is -1.09. The molecular formula is C11H15FN2. The first-order valence-electron chi connectivity index (χ1n) is 5.03. The Morgan fingerprint density at radius 2 is 2.21 bits per heavy atom. The first-order chi connectivity index (χ1) is 6.75. The SMILES string of the molecule is NC1CCCC1Nc1cccc(F)c1. The van der Waals surface area contributed by atoms with Crippen molar-refractivity contribution in [2.24, 2.45) is 5.73 Å². The van der Waals surface area contributed by atoms with Crippen LogP contribution in [-0.4, -0.2) is 12.1 Å². The van der Waals surface area contributed by atoms with Gasteiger partial charge in [-0.25, -0.2) is 4.39 Å². The molecule has 1 fully saturated rings. The van der Waals surface area contributed by atoms with Crippen LogP contribution in [0.15, 0.2) is 24.3 Å². The molecule has 0 bridgehead atoms. The molecule has 0 aliphatic heterocycles. The van der Waals surface area contributed by atoms with Gasteiger partial charge in [-0.15, -0.1) is 0 Å². The summed E-state index contributed by atoms with van der Waals surface area (Å²) in [7, 11) is 0. The van der Waals surface area contributed by atoms with Crippen molar-refractivity contribution in [2.45, 2.75) is 31.3 Å². The Morgan fingerprint density at radius 1 is 1.36 bits per heavy atom. The van der Waals surface area contributed by atoms with Gasteiger partial charge in [-0.05, 0) is 37.5 Å². The predicted molar refractivity (Wildman–Crippen MR) is 55.6 cm³/mol. The fourth-order valence-electron chi connectivity index (χ4n) is 1.96. The maximum atomic E-state index is 12.9. The molecule has 0 saturated heterocycles. The minimum atomic E-state index is -0.207. The van der Waals surface area contributed by atoms with E-state index in [9.17, 15) is 4.39 Å². The summed E-state index contributed by atoms with van der Waals surface area (Å²) in [5.74, 6) is -0.207. The number of rotatable bonds is 2. The van der Waals surface area contributed by atoms with Gasteiger partial charge in [0.15, 0.2) is 0 Å². The van der Waals surface area contributed by atoms with E-state index in [0.29, 0.717) is 6.04 Å². The lowest BCUT2D eigenvalue weighted by Crippen LogP contribution is -2.35. The maximum absolute atomic E-state index is 12.9. The largest absolute Gasteiger partial charge is 0.381 e. The summed E-state index contributed by atoms with van der Waals surface area (Å²) >= 11 is 0. The summed E-state index contributed by atoms with van der Waals surface area (Å²) in [6, 6.07) is 7.03. The number of nitrogens with two attached hydrogens (primary N) is 1. The van der Waals surface area contributed by atoms with Crippen LogP contribution in [0.3, 0.4) is 0 Å². The third kappa shape index (κ3) is 2.04. The molecular weight excluding hydrogens is 179 g/mol. The first-order valence-corrected chi connectivity index (χ1v) is 5.03. The quantitative estimate of drug-likeness (QED) is 0.756. The molecule has 3 heteroatoms.